The predicted molar refractivity (Wildman–Crippen MR) is 127 cm³/mol. The summed E-state index contributed by atoms with van der Waals surface area (Å²) in [4.78, 5) is 43.7. The van der Waals surface area contributed by atoms with E-state index in [0.29, 0.717) is 48.9 Å². The Labute approximate surface area is 204 Å². The number of likely N-dealkylation sites (tertiary alicyclic amines) is 1. The number of para-hydroxylation sites is 1. The van der Waals surface area contributed by atoms with Gasteiger partial charge in [-0.15, -0.1) is 0 Å². The van der Waals surface area contributed by atoms with Crippen molar-refractivity contribution in [3.05, 3.63) is 53.6 Å². The van der Waals surface area contributed by atoms with Crippen molar-refractivity contribution in [1.29, 1.82) is 0 Å². The van der Waals surface area contributed by atoms with Gasteiger partial charge in [-0.2, -0.15) is 0 Å². The SMILES string of the molecule is COc1ccc(C2(CC(=O)N3CCCOc4c(cccc4OC)C3)CC(=O)N(C3CC3)C2=O)cc1. The third-order valence-electron chi connectivity index (χ3n) is 7.17. The lowest BCUT2D eigenvalue weighted by atomic mass is 9.75. The summed E-state index contributed by atoms with van der Waals surface area (Å²) in [6.45, 7) is 1.30. The monoisotopic (exact) mass is 478 g/mol. The topological polar surface area (TPSA) is 85.4 Å². The molecule has 0 aromatic heterocycles. The van der Waals surface area contributed by atoms with Gasteiger partial charge in [0.1, 0.15) is 5.75 Å². The maximum Gasteiger partial charge on any atom is 0.241 e. The fourth-order valence-corrected chi connectivity index (χ4v) is 5.15. The number of hydrogen-bond acceptors (Lipinski definition) is 6. The molecule has 2 aromatic carbocycles. The number of nitrogens with zero attached hydrogens (tertiary/aromatic N) is 2. The second-order valence-electron chi connectivity index (χ2n) is 9.43. The van der Waals surface area contributed by atoms with Crippen molar-refractivity contribution < 1.29 is 28.6 Å². The van der Waals surface area contributed by atoms with E-state index < -0.39 is 5.41 Å². The molecular formula is C27H30N2O6. The fraction of sp³-hybridized carbons (Fsp3) is 0.444. The zero-order valence-electron chi connectivity index (χ0n) is 20.1. The summed E-state index contributed by atoms with van der Waals surface area (Å²) in [5, 5.41) is 0. The maximum atomic E-state index is 13.8. The molecule has 35 heavy (non-hydrogen) atoms. The van der Waals surface area contributed by atoms with E-state index in [4.69, 9.17) is 14.2 Å². The molecule has 2 heterocycles. The van der Waals surface area contributed by atoms with Crippen LogP contribution in [0.2, 0.25) is 0 Å². The Morgan fingerprint density at radius 2 is 1.86 bits per heavy atom. The van der Waals surface area contributed by atoms with Crippen molar-refractivity contribution in [1.82, 2.24) is 9.80 Å². The van der Waals surface area contributed by atoms with Crippen molar-refractivity contribution in [2.24, 2.45) is 0 Å². The van der Waals surface area contributed by atoms with Crippen LogP contribution in [-0.4, -0.2) is 60.9 Å². The molecule has 2 aliphatic heterocycles. The van der Waals surface area contributed by atoms with E-state index in [1.54, 1.807) is 43.4 Å². The molecule has 0 N–H and O–H groups in total. The van der Waals surface area contributed by atoms with Crippen LogP contribution in [0.4, 0.5) is 0 Å². The first kappa shape index (κ1) is 23.2. The molecule has 1 unspecified atom stereocenters. The molecular weight excluding hydrogens is 448 g/mol. The van der Waals surface area contributed by atoms with E-state index in [-0.39, 0.29) is 36.6 Å². The summed E-state index contributed by atoms with van der Waals surface area (Å²) in [6.07, 6.45) is 2.25. The Kier molecular flexibility index (Phi) is 6.13. The van der Waals surface area contributed by atoms with Gasteiger partial charge < -0.3 is 19.1 Å². The highest BCUT2D eigenvalue weighted by Crippen LogP contribution is 2.45. The average molecular weight is 479 g/mol. The van der Waals surface area contributed by atoms with Crippen molar-refractivity contribution in [3.63, 3.8) is 0 Å². The summed E-state index contributed by atoms with van der Waals surface area (Å²) in [6, 6.07) is 12.7. The number of hydrogen-bond donors (Lipinski definition) is 0. The Hall–Kier alpha value is -3.55. The van der Waals surface area contributed by atoms with Crippen LogP contribution in [0.25, 0.3) is 0 Å². The first-order chi connectivity index (χ1) is 17.0. The number of imide groups is 1. The highest BCUT2D eigenvalue weighted by atomic mass is 16.5. The first-order valence-corrected chi connectivity index (χ1v) is 12.0. The molecule has 0 spiro atoms. The number of carbonyl (C=O) groups is 3. The average Bonchev–Trinajstić information content (AvgIpc) is 3.65. The van der Waals surface area contributed by atoms with Crippen molar-refractivity contribution in [3.8, 4) is 17.2 Å². The molecule has 3 aliphatic rings. The van der Waals surface area contributed by atoms with Crippen molar-refractivity contribution in [2.75, 3.05) is 27.4 Å². The molecule has 184 valence electrons. The quantitative estimate of drug-likeness (QED) is 0.594. The Balaban J connectivity index is 1.47. The lowest BCUT2D eigenvalue weighted by Gasteiger charge is -2.32. The number of carbonyl (C=O) groups excluding carboxylic acids is 3. The van der Waals surface area contributed by atoms with Crippen LogP contribution in [-0.2, 0) is 26.3 Å². The van der Waals surface area contributed by atoms with Gasteiger partial charge in [0.25, 0.3) is 0 Å². The number of fused-ring (bicyclic) bond motifs is 1. The maximum absolute atomic E-state index is 13.8. The Morgan fingerprint density at radius 3 is 2.54 bits per heavy atom. The molecule has 1 saturated carbocycles. The molecule has 2 fully saturated rings. The largest absolute Gasteiger partial charge is 0.497 e. The highest BCUT2D eigenvalue weighted by Gasteiger charge is 2.57. The second kappa shape index (κ2) is 9.24. The molecule has 8 heteroatoms. The summed E-state index contributed by atoms with van der Waals surface area (Å²) >= 11 is 0. The van der Waals surface area contributed by atoms with Gasteiger partial charge in [0.15, 0.2) is 11.5 Å². The minimum absolute atomic E-state index is 0.00175. The smallest absolute Gasteiger partial charge is 0.241 e. The molecule has 3 amide bonds. The molecule has 1 saturated heterocycles. The first-order valence-electron chi connectivity index (χ1n) is 12.0. The summed E-state index contributed by atoms with van der Waals surface area (Å²) < 4.78 is 16.6. The molecule has 0 radical (unpaired) electrons. The second-order valence-corrected chi connectivity index (χ2v) is 9.43. The van der Waals surface area contributed by atoms with Gasteiger partial charge in [0.05, 0.1) is 26.2 Å². The van der Waals surface area contributed by atoms with Crippen LogP contribution in [0.1, 0.15) is 43.2 Å². The van der Waals surface area contributed by atoms with E-state index in [2.05, 4.69) is 0 Å². The van der Waals surface area contributed by atoms with Crippen molar-refractivity contribution in [2.45, 2.75) is 50.1 Å². The molecule has 5 rings (SSSR count). The van der Waals surface area contributed by atoms with E-state index in [0.717, 1.165) is 18.4 Å². The summed E-state index contributed by atoms with van der Waals surface area (Å²) in [7, 11) is 3.17. The zero-order chi connectivity index (χ0) is 24.6. The van der Waals surface area contributed by atoms with Crippen LogP contribution >= 0.6 is 0 Å². The zero-order valence-corrected chi connectivity index (χ0v) is 20.1. The van der Waals surface area contributed by atoms with Crippen LogP contribution in [0, 0.1) is 0 Å². The van der Waals surface area contributed by atoms with E-state index in [1.165, 1.54) is 4.90 Å². The van der Waals surface area contributed by atoms with Crippen LogP contribution < -0.4 is 14.2 Å². The number of rotatable bonds is 6. The molecule has 0 bridgehead atoms. The summed E-state index contributed by atoms with van der Waals surface area (Å²) in [5.41, 5.74) is 0.314. The van der Waals surface area contributed by atoms with Crippen LogP contribution in [0.5, 0.6) is 17.2 Å². The molecule has 8 nitrogen and oxygen atoms in total. The van der Waals surface area contributed by atoms with Gasteiger partial charge in [0, 0.05) is 37.5 Å². The van der Waals surface area contributed by atoms with E-state index >= 15 is 0 Å². The number of ether oxygens (including phenoxy) is 3. The standard InChI is InChI=1S/C27H30N2O6/c1-33-21-11-7-19(8-12-21)27(16-24(31)29(26(27)32)20-9-10-20)15-23(30)28-13-4-14-35-25-18(17-28)5-3-6-22(25)34-2/h3,5-8,11-12,20H,4,9-10,13-17H2,1-2H3. The summed E-state index contributed by atoms with van der Waals surface area (Å²) in [5.74, 6) is 1.31. The molecule has 1 aliphatic carbocycles. The van der Waals surface area contributed by atoms with Gasteiger partial charge in [-0.3, -0.25) is 19.3 Å². The number of amides is 3. The predicted octanol–water partition coefficient (Wildman–Crippen LogP) is 3.06. The highest BCUT2D eigenvalue weighted by molar-refractivity contribution is 6.11. The van der Waals surface area contributed by atoms with Crippen LogP contribution in [0.3, 0.4) is 0 Å². The lowest BCUT2D eigenvalue weighted by Crippen LogP contribution is -2.44. The minimum atomic E-state index is -1.21. The lowest BCUT2D eigenvalue weighted by molar-refractivity contribution is -0.143. The molecule has 1 atom stereocenters. The Bertz CT molecular complexity index is 1140. The van der Waals surface area contributed by atoms with E-state index in [9.17, 15) is 14.4 Å². The third-order valence-corrected chi connectivity index (χ3v) is 7.17. The van der Waals surface area contributed by atoms with Crippen LogP contribution in [0.15, 0.2) is 42.5 Å². The number of benzene rings is 2. The third kappa shape index (κ3) is 4.22. The minimum Gasteiger partial charge on any atom is -0.497 e. The van der Waals surface area contributed by atoms with Gasteiger partial charge in [-0.1, -0.05) is 24.3 Å². The number of methoxy groups -OCH3 is 2. The van der Waals surface area contributed by atoms with Crippen molar-refractivity contribution >= 4 is 17.7 Å². The molecule has 2 aromatic rings. The Morgan fingerprint density at radius 1 is 1.09 bits per heavy atom. The van der Waals surface area contributed by atoms with Gasteiger partial charge in [-0.05, 0) is 43.0 Å². The normalized spacial score (nSPS) is 22.2. The van der Waals surface area contributed by atoms with E-state index in [1.807, 2.05) is 18.2 Å². The van der Waals surface area contributed by atoms with Gasteiger partial charge >= 0.3 is 0 Å². The van der Waals surface area contributed by atoms with Gasteiger partial charge in [-0.25, -0.2) is 0 Å². The van der Waals surface area contributed by atoms with Gasteiger partial charge in [0.2, 0.25) is 17.7 Å². The fourth-order valence-electron chi connectivity index (χ4n) is 5.15.